The predicted octanol–water partition coefficient (Wildman–Crippen LogP) is 3.33. The minimum Gasteiger partial charge on any atom is -0.493 e. The summed E-state index contributed by atoms with van der Waals surface area (Å²) < 4.78 is 12.4. The number of likely N-dealkylation sites (tertiary alicyclic amines) is 1. The summed E-state index contributed by atoms with van der Waals surface area (Å²) in [4.78, 5) is 8.22. The highest BCUT2D eigenvalue weighted by Crippen LogP contribution is 2.43. The molecule has 0 bridgehead atoms. The number of hydrogen-bond donors (Lipinski definition) is 1. The zero-order chi connectivity index (χ0) is 19.0. The third kappa shape index (κ3) is 3.23. The van der Waals surface area contributed by atoms with Gasteiger partial charge < -0.3 is 14.6 Å². The Balaban J connectivity index is 1.83. The van der Waals surface area contributed by atoms with E-state index in [-0.39, 0.29) is 11.9 Å². The van der Waals surface area contributed by atoms with E-state index in [0.717, 1.165) is 30.0 Å². The maximum absolute atomic E-state index is 10.8. The van der Waals surface area contributed by atoms with Crippen LogP contribution in [0.3, 0.4) is 0 Å². The number of aromatic nitrogens is 3. The molecule has 8 heteroatoms. The van der Waals surface area contributed by atoms with Gasteiger partial charge in [0.25, 0.3) is 0 Å². The van der Waals surface area contributed by atoms with E-state index in [2.05, 4.69) is 21.9 Å². The molecule has 27 heavy (non-hydrogen) atoms. The maximum Gasteiger partial charge on any atom is 0.230 e. The Morgan fingerprint density at radius 1 is 1.26 bits per heavy atom. The summed E-state index contributed by atoms with van der Waals surface area (Å²) in [7, 11) is 3.27. The van der Waals surface area contributed by atoms with Crippen molar-refractivity contribution < 1.29 is 14.6 Å². The van der Waals surface area contributed by atoms with Crippen LogP contribution in [0.1, 0.15) is 36.2 Å². The number of benzene rings is 1. The largest absolute Gasteiger partial charge is 0.493 e. The molecular weight excluding hydrogens is 364 g/mol. The van der Waals surface area contributed by atoms with E-state index in [1.807, 2.05) is 18.2 Å². The molecular formula is C19H24N4O3S. The number of aromatic hydroxyl groups is 1. The maximum atomic E-state index is 10.8. The lowest BCUT2D eigenvalue weighted by molar-refractivity contribution is 0.149. The second kappa shape index (κ2) is 7.36. The van der Waals surface area contributed by atoms with Gasteiger partial charge >= 0.3 is 0 Å². The molecule has 7 nitrogen and oxygen atoms in total. The van der Waals surface area contributed by atoms with Crippen molar-refractivity contribution in [3.63, 3.8) is 0 Å². The molecule has 3 aromatic rings. The second-order valence-electron chi connectivity index (χ2n) is 7.00. The van der Waals surface area contributed by atoms with E-state index in [4.69, 9.17) is 9.47 Å². The number of hydrogen-bond acceptors (Lipinski definition) is 7. The van der Waals surface area contributed by atoms with Crippen molar-refractivity contribution in [1.82, 2.24) is 19.5 Å². The quantitative estimate of drug-likeness (QED) is 0.723. The minimum absolute atomic E-state index is 0.0824. The van der Waals surface area contributed by atoms with Gasteiger partial charge in [-0.15, -0.1) is 0 Å². The highest BCUT2D eigenvalue weighted by atomic mass is 32.1. The summed E-state index contributed by atoms with van der Waals surface area (Å²) in [6.45, 7) is 4.24. The van der Waals surface area contributed by atoms with Crippen LogP contribution in [0.5, 0.6) is 17.4 Å². The summed E-state index contributed by atoms with van der Waals surface area (Å²) >= 11 is 1.48. The van der Waals surface area contributed by atoms with Crippen LogP contribution in [-0.4, -0.2) is 51.9 Å². The third-order valence-electron chi connectivity index (χ3n) is 5.16. The van der Waals surface area contributed by atoms with Crippen molar-refractivity contribution >= 4 is 16.3 Å². The number of ether oxygens (including phenoxy) is 2. The zero-order valence-corrected chi connectivity index (χ0v) is 16.6. The lowest BCUT2D eigenvalue weighted by atomic mass is 9.95. The van der Waals surface area contributed by atoms with E-state index in [9.17, 15) is 5.11 Å². The second-order valence-corrected chi connectivity index (χ2v) is 8.01. The van der Waals surface area contributed by atoms with Crippen LogP contribution in [0.25, 0.3) is 4.96 Å². The molecule has 1 aliphatic rings. The molecule has 3 heterocycles. The number of fused-ring (bicyclic) bond motifs is 1. The van der Waals surface area contributed by atoms with Crippen LogP contribution in [-0.2, 0) is 0 Å². The Labute approximate surface area is 162 Å². The smallest absolute Gasteiger partial charge is 0.230 e. The summed E-state index contributed by atoms with van der Waals surface area (Å²) in [5.74, 6) is 2.15. The van der Waals surface area contributed by atoms with Crippen molar-refractivity contribution in [2.75, 3.05) is 27.3 Å². The molecule has 0 aliphatic carbocycles. The number of piperidine rings is 1. The van der Waals surface area contributed by atoms with Gasteiger partial charge in [0.05, 0.1) is 25.1 Å². The molecule has 2 atom stereocenters. The lowest BCUT2D eigenvalue weighted by Crippen LogP contribution is -2.37. The first kappa shape index (κ1) is 18.1. The van der Waals surface area contributed by atoms with Crippen molar-refractivity contribution in [1.29, 1.82) is 0 Å². The zero-order valence-electron chi connectivity index (χ0n) is 15.8. The van der Waals surface area contributed by atoms with Crippen molar-refractivity contribution in [2.24, 2.45) is 5.92 Å². The summed E-state index contributed by atoms with van der Waals surface area (Å²) in [6, 6.07) is 5.88. The molecule has 1 aliphatic heterocycles. The fraction of sp³-hybridized carbons (Fsp3) is 0.474. The minimum atomic E-state index is -0.0824. The van der Waals surface area contributed by atoms with Gasteiger partial charge in [-0.2, -0.15) is 9.61 Å². The van der Waals surface area contributed by atoms with E-state index >= 15 is 0 Å². The number of nitrogens with zero attached hydrogens (tertiary/aromatic N) is 4. The van der Waals surface area contributed by atoms with E-state index in [1.54, 1.807) is 14.2 Å². The standard InChI is InChI=1S/C19H24N4O3S/c1-12-5-4-8-22(10-12)16(13-6-7-14(25-2)15(9-13)26-3)17-18(24)23-19(27-17)20-11-21-23/h6-7,9,11-12,16,24H,4-5,8,10H2,1-3H3/t12-,16+/m1/s1. The first-order chi connectivity index (χ1) is 13.1. The molecule has 1 aromatic carbocycles. The third-order valence-corrected chi connectivity index (χ3v) is 6.25. The van der Waals surface area contributed by atoms with Crippen LogP contribution in [0, 0.1) is 5.92 Å². The van der Waals surface area contributed by atoms with Gasteiger partial charge in [0.15, 0.2) is 11.5 Å². The van der Waals surface area contributed by atoms with Gasteiger partial charge in [0.1, 0.15) is 6.33 Å². The molecule has 0 spiro atoms. The number of methoxy groups -OCH3 is 2. The van der Waals surface area contributed by atoms with Gasteiger partial charge in [-0.3, -0.25) is 4.90 Å². The van der Waals surface area contributed by atoms with Crippen LogP contribution < -0.4 is 9.47 Å². The molecule has 4 rings (SSSR count). The van der Waals surface area contributed by atoms with E-state index in [0.29, 0.717) is 22.4 Å². The van der Waals surface area contributed by atoms with E-state index < -0.39 is 0 Å². The van der Waals surface area contributed by atoms with Gasteiger partial charge in [-0.1, -0.05) is 24.3 Å². The molecule has 1 fully saturated rings. The van der Waals surface area contributed by atoms with Crippen molar-refractivity contribution in [2.45, 2.75) is 25.8 Å². The highest BCUT2D eigenvalue weighted by molar-refractivity contribution is 7.17. The molecule has 144 valence electrons. The molecule has 0 radical (unpaired) electrons. The summed E-state index contributed by atoms with van der Waals surface area (Å²) in [5, 5.41) is 15.0. The van der Waals surface area contributed by atoms with Crippen molar-refractivity contribution in [3.05, 3.63) is 35.0 Å². The average molecular weight is 388 g/mol. The Kier molecular flexibility index (Phi) is 4.92. The fourth-order valence-electron chi connectivity index (χ4n) is 3.88. The Morgan fingerprint density at radius 2 is 2.07 bits per heavy atom. The predicted molar refractivity (Wildman–Crippen MR) is 104 cm³/mol. The highest BCUT2D eigenvalue weighted by Gasteiger charge is 2.32. The molecule has 1 N–H and O–H groups in total. The SMILES string of the molecule is COc1ccc([C@@H](c2sc3ncnn3c2O)N2CCC[C@@H](C)C2)cc1OC. The monoisotopic (exact) mass is 388 g/mol. The number of thiazole rings is 1. The molecule has 0 unspecified atom stereocenters. The Morgan fingerprint density at radius 3 is 2.78 bits per heavy atom. The van der Waals surface area contributed by atoms with Gasteiger partial charge in [-0.25, -0.2) is 4.98 Å². The molecule has 1 saturated heterocycles. The summed E-state index contributed by atoms with van der Waals surface area (Å²) in [6.07, 6.45) is 3.84. The van der Waals surface area contributed by atoms with Crippen molar-refractivity contribution in [3.8, 4) is 17.4 Å². The molecule has 2 aromatic heterocycles. The summed E-state index contributed by atoms with van der Waals surface area (Å²) in [5.41, 5.74) is 1.06. The van der Waals surface area contributed by atoms with Crippen LogP contribution in [0.2, 0.25) is 0 Å². The van der Waals surface area contributed by atoms with E-state index in [1.165, 1.54) is 28.6 Å². The first-order valence-corrected chi connectivity index (χ1v) is 9.91. The van der Waals surface area contributed by atoms with Gasteiger partial charge in [-0.05, 0) is 43.0 Å². The Bertz CT molecular complexity index is 938. The topological polar surface area (TPSA) is 72.1 Å². The van der Waals surface area contributed by atoms with Crippen LogP contribution in [0.4, 0.5) is 0 Å². The van der Waals surface area contributed by atoms with Gasteiger partial charge in [0, 0.05) is 6.54 Å². The van der Waals surface area contributed by atoms with Gasteiger partial charge in [0.2, 0.25) is 10.8 Å². The molecule has 0 saturated carbocycles. The normalized spacial score (nSPS) is 19.3. The Hall–Kier alpha value is -2.32. The lowest BCUT2D eigenvalue weighted by Gasteiger charge is -2.37. The van der Waals surface area contributed by atoms with Crippen LogP contribution >= 0.6 is 11.3 Å². The number of rotatable bonds is 5. The molecule has 0 amide bonds. The first-order valence-electron chi connectivity index (χ1n) is 9.09. The fourth-order valence-corrected chi connectivity index (χ4v) is 4.97. The average Bonchev–Trinajstić information content (AvgIpc) is 3.25. The van der Waals surface area contributed by atoms with Crippen LogP contribution in [0.15, 0.2) is 24.5 Å².